The first-order valence-corrected chi connectivity index (χ1v) is 7.43. The van der Waals surface area contributed by atoms with Crippen LogP contribution in [0, 0.1) is 0 Å². The lowest BCUT2D eigenvalue weighted by atomic mass is 9.95. The first-order chi connectivity index (χ1) is 9.05. The second kappa shape index (κ2) is 7.97. The zero-order valence-electron chi connectivity index (χ0n) is 12.4. The quantitative estimate of drug-likeness (QED) is 0.705. The number of rotatable bonds is 9. The van der Waals surface area contributed by atoms with Gasteiger partial charge in [-0.05, 0) is 31.8 Å². The molecule has 4 nitrogen and oxygen atoms in total. The van der Waals surface area contributed by atoms with Crippen molar-refractivity contribution in [3.8, 4) is 0 Å². The number of nitrogens with two attached hydrogens (primary N) is 1. The molecule has 0 aliphatic heterocycles. The minimum atomic E-state index is -0.210. The standard InChI is InChI=1S/C14H26N2O2S/c1-14(11-15,10-13(17-3)18-4)16(2)8-7-12-6-5-9-19-12/h5-6,9,13H,7-8,10-11,15H2,1-4H3. The van der Waals surface area contributed by atoms with Crippen molar-refractivity contribution in [1.29, 1.82) is 0 Å². The minimum absolute atomic E-state index is 0.117. The lowest BCUT2D eigenvalue weighted by Gasteiger charge is -2.39. The molecule has 0 bridgehead atoms. The SMILES string of the molecule is COC(CC(C)(CN)N(C)CCc1cccs1)OC. The number of ether oxygens (including phenoxy) is 2. The maximum atomic E-state index is 5.96. The maximum Gasteiger partial charge on any atom is 0.158 e. The van der Waals surface area contributed by atoms with Crippen LogP contribution in [0.15, 0.2) is 17.5 Å². The Labute approximate surface area is 120 Å². The Morgan fingerprint density at radius 3 is 2.58 bits per heavy atom. The highest BCUT2D eigenvalue weighted by Crippen LogP contribution is 2.21. The average molecular weight is 286 g/mol. The summed E-state index contributed by atoms with van der Waals surface area (Å²) >= 11 is 1.80. The third-order valence-corrected chi connectivity index (χ3v) is 4.70. The number of nitrogens with zero attached hydrogens (tertiary/aromatic N) is 1. The molecule has 1 unspecified atom stereocenters. The Morgan fingerprint density at radius 2 is 2.11 bits per heavy atom. The zero-order valence-corrected chi connectivity index (χ0v) is 13.2. The highest BCUT2D eigenvalue weighted by Gasteiger charge is 2.31. The Morgan fingerprint density at radius 1 is 1.42 bits per heavy atom. The van der Waals surface area contributed by atoms with Crippen molar-refractivity contribution in [2.75, 3.05) is 34.4 Å². The molecule has 1 heterocycles. The van der Waals surface area contributed by atoms with Gasteiger partial charge in [0.1, 0.15) is 0 Å². The van der Waals surface area contributed by atoms with Crippen LogP contribution in [0.5, 0.6) is 0 Å². The van der Waals surface area contributed by atoms with E-state index in [0.717, 1.165) is 19.4 Å². The Kier molecular flexibility index (Phi) is 6.96. The molecule has 5 heteroatoms. The van der Waals surface area contributed by atoms with Crippen molar-refractivity contribution in [2.45, 2.75) is 31.6 Å². The van der Waals surface area contributed by atoms with Gasteiger partial charge in [-0.3, -0.25) is 4.90 Å². The molecule has 0 aromatic carbocycles. The van der Waals surface area contributed by atoms with E-state index in [1.165, 1.54) is 4.88 Å². The van der Waals surface area contributed by atoms with E-state index in [1.54, 1.807) is 25.6 Å². The molecule has 0 amide bonds. The van der Waals surface area contributed by atoms with Gasteiger partial charge in [-0.25, -0.2) is 0 Å². The predicted molar refractivity (Wildman–Crippen MR) is 80.5 cm³/mol. The summed E-state index contributed by atoms with van der Waals surface area (Å²) in [6.45, 7) is 3.72. The maximum absolute atomic E-state index is 5.96. The van der Waals surface area contributed by atoms with Gasteiger partial charge in [0.2, 0.25) is 0 Å². The molecule has 0 saturated heterocycles. The van der Waals surface area contributed by atoms with Crippen LogP contribution in [0.1, 0.15) is 18.2 Å². The number of hydrogen-bond acceptors (Lipinski definition) is 5. The predicted octanol–water partition coefficient (Wildman–Crippen LogP) is 1.95. The summed E-state index contributed by atoms with van der Waals surface area (Å²) in [6.07, 6.45) is 1.60. The van der Waals surface area contributed by atoms with Crippen molar-refractivity contribution < 1.29 is 9.47 Å². The van der Waals surface area contributed by atoms with Crippen molar-refractivity contribution in [3.05, 3.63) is 22.4 Å². The fourth-order valence-electron chi connectivity index (χ4n) is 2.02. The molecule has 0 fully saturated rings. The molecule has 0 saturated carbocycles. The van der Waals surface area contributed by atoms with Crippen LogP contribution in [0.2, 0.25) is 0 Å². The highest BCUT2D eigenvalue weighted by atomic mass is 32.1. The Hall–Kier alpha value is -0.460. The van der Waals surface area contributed by atoms with Gasteiger partial charge >= 0.3 is 0 Å². The van der Waals surface area contributed by atoms with Gasteiger partial charge in [-0.15, -0.1) is 11.3 Å². The molecule has 0 spiro atoms. The summed E-state index contributed by atoms with van der Waals surface area (Å²) in [6, 6.07) is 4.26. The lowest BCUT2D eigenvalue weighted by molar-refractivity contribution is -0.126. The van der Waals surface area contributed by atoms with Gasteiger partial charge in [-0.2, -0.15) is 0 Å². The lowest BCUT2D eigenvalue weighted by Crippen LogP contribution is -2.52. The van der Waals surface area contributed by atoms with E-state index < -0.39 is 0 Å². The molecule has 1 aromatic heterocycles. The smallest absolute Gasteiger partial charge is 0.158 e. The molecule has 0 radical (unpaired) electrons. The van der Waals surface area contributed by atoms with Crippen molar-refractivity contribution >= 4 is 11.3 Å². The monoisotopic (exact) mass is 286 g/mol. The first-order valence-electron chi connectivity index (χ1n) is 6.55. The highest BCUT2D eigenvalue weighted by molar-refractivity contribution is 7.09. The molecule has 110 valence electrons. The number of likely N-dealkylation sites (N-methyl/N-ethyl adjacent to an activating group) is 1. The molecule has 2 N–H and O–H groups in total. The Bertz CT molecular complexity index is 341. The number of methoxy groups -OCH3 is 2. The van der Waals surface area contributed by atoms with Crippen LogP contribution in [0.4, 0.5) is 0 Å². The molecule has 1 atom stereocenters. The average Bonchev–Trinajstić information content (AvgIpc) is 2.95. The second-order valence-corrected chi connectivity index (χ2v) is 6.09. The van der Waals surface area contributed by atoms with Gasteiger partial charge in [0.15, 0.2) is 6.29 Å². The van der Waals surface area contributed by atoms with E-state index >= 15 is 0 Å². The van der Waals surface area contributed by atoms with Crippen molar-refractivity contribution in [1.82, 2.24) is 4.90 Å². The van der Waals surface area contributed by atoms with E-state index in [1.807, 2.05) is 0 Å². The molecule has 1 rings (SSSR count). The van der Waals surface area contributed by atoms with Crippen molar-refractivity contribution in [3.63, 3.8) is 0 Å². The van der Waals surface area contributed by atoms with Crippen LogP contribution in [-0.4, -0.2) is 51.1 Å². The van der Waals surface area contributed by atoms with Gasteiger partial charge in [0, 0.05) is 44.1 Å². The summed E-state index contributed by atoms with van der Waals surface area (Å²) in [7, 11) is 5.44. The first kappa shape index (κ1) is 16.6. The van der Waals surface area contributed by atoms with Crippen LogP contribution in [0.3, 0.4) is 0 Å². The molecular formula is C14H26N2O2S. The van der Waals surface area contributed by atoms with Crippen LogP contribution in [-0.2, 0) is 15.9 Å². The molecule has 0 aliphatic carbocycles. The molecule has 1 aromatic rings. The van der Waals surface area contributed by atoms with Gasteiger partial charge in [-0.1, -0.05) is 6.07 Å². The second-order valence-electron chi connectivity index (χ2n) is 5.06. The third kappa shape index (κ3) is 4.85. The molecular weight excluding hydrogens is 260 g/mol. The summed E-state index contributed by atoms with van der Waals surface area (Å²) in [4.78, 5) is 3.71. The molecule has 19 heavy (non-hydrogen) atoms. The summed E-state index contributed by atoms with van der Waals surface area (Å²) < 4.78 is 10.6. The van der Waals surface area contributed by atoms with Crippen molar-refractivity contribution in [2.24, 2.45) is 5.73 Å². The minimum Gasteiger partial charge on any atom is -0.356 e. The fraction of sp³-hybridized carbons (Fsp3) is 0.714. The van der Waals surface area contributed by atoms with E-state index in [2.05, 4.69) is 36.4 Å². The van der Waals surface area contributed by atoms with E-state index in [4.69, 9.17) is 15.2 Å². The van der Waals surface area contributed by atoms with Gasteiger partial charge in [0.05, 0.1) is 0 Å². The summed E-state index contributed by atoms with van der Waals surface area (Å²) in [5, 5.41) is 2.11. The number of hydrogen-bond donors (Lipinski definition) is 1. The van der Waals surface area contributed by atoms with Gasteiger partial charge in [0.25, 0.3) is 0 Å². The van der Waals surface area contributed by atoms with Crippen LogP contribution >= 0.6 is 11.3 Å². The topological polar surface area (TPSA) is 47.7 Å². The zero-order chi connectivity index (χ0) is 14.3. The van der Waals surface area contributed by atoms with Gasteiger partial charge < -0.3 is 15.2 Å². The van der Waals surface area contributed by atoms with E-state index in [-0.39, 0.29) is 11.8 Å². The fourth-order valence-corrected chi connectivity index (χ4v) is 2.72. The van der Waals surface area contributed by atoms with Crippen LogP contribution < -0.4 is 5.73 Å². The van der Waals surface area contributed by atoms with Crippen LogP contribution in [0.25, 0.3) is 0 Å². The number of thiophene rings is 1. The normalized spacial score (nSPS) is 15.1. The summed E-state index contributed by atoms with van der Waals surface area (Å²) in [5.74, 6) is 0. The Balaban J connectivity index is 2.55. The molecule has 0 aliphatic rings. The van der Waals surface area contributed by atoms with E-state index in [9.17, 15) is 0 Å². The third-order valence-electron chi connectivity index (χ3n) is 3.77. The summed E-state index contributed by atoms with van der Waals surface area (Å²) in [5.41, 5.74) is 5.85. The largest absolute Gasteiger partial charge is 0.356 e. The van der Waals surface area contributed by atoms with E-state index in [0.29, 0.717) is 6.54 Å².